The van der Waals surface area contributed by atoms with Crippen molar-refractivity contribution >= 4 is 23.2 Å². The van der Waals surface area contributed by atoms with Crippen LogP contribution in [0.5, 0.6) is 0 Å². The van der Waals surface area contributed by atoms with E-state index in [2.05, 4.69) is 34.9 Å². The number of benzene rings is 4. The first kappa shape index (κ1) is 44.8. The van der Waals surface area contributed by atoms with Gasteiger partial charge in [0.15, 0.2) is 0 Å². The standard InChI is InChI=1S/2C18H16F2NO2.2C5H5.Ti/c2*19-13-7-8-17(16(20)11-13)21-18(22)15-6-2-1-4-12(15)10-14-5-3-9-23-14;2*1-2-4-5-3-1;/h2*1-2,4,6-8,14H,3,5,9-10H2,(H,21,22);2*1-3H,4H2;/q4*-1;+4. The Morgan fingerprint density at radius 3 is 1.35 bits per heavy atom. The Kier molecular flexibility index (Phi) is 18.9. The molecule has 4 aromatic rings. The van der Waals surface area contributed by atoms with E-state index >= 15 is 0 Å². The second-order valence-corrected chi connectivity index (χ2v) is 13.0. The van der Waals surface area contributed by atoms with E-state index in [0.717, 1.165) is 75.0 Å². The Morgan fingerprint density at radius 1 is 0.614 bits per heavy atom. The third-order valence-electron chi connectivity index (χ3n) is 8.86. The van der Waals surface area contributed by atoms with Gasteiger partial charge in [-0.3, -0.25) is 21.7 Å². The number of amides is 2. The van der Waals surface area contributed by atoms with Gasteiger partial charge >= 0.3 is 21.7 Å². The molecular weight excluding hydrogens is 768 g/mol. The number of hydrogen-bond acceptors (Lipinski definition) is 4. The second-order valence-electron chi connectivity index (χ2n) is 13.0. The number of halogens is 4. The molecule has 4 aliphatic rings. The second kappa shape index (κ2) is 24.0. The van der Waals surface area contributed by atoms with Crippen molar-refractivity contribution in [1.29, 1.82) is 0 Å². The minimum Gasteiger partial charge on any atom is -0.378 e. The number of ether oxygens (including phenoxy) is 2. The van der Waals surface area contributed by atoms with E-state index in [1.165, 1.54) is 12.1 Å². The molecule has 57 heavy (non-hydrogen) atoms. The van der Waals surface area contributed by atoms with Gasteiger partial charge in [0.2, 0.25) is 11.8 Å². The third kappa shape index (κ3) is 14.9. The number of anilines is 2. The van der Waals surface area contributed by atoms with Crippen molar-refractivity contribution in [1.82, 2.24) is 0 Å². The van der Waals surface area contributed by atoms with Gasteiger partial charge in [0, 0.05) is 47.6 Å². The average Bonchev–Trinajstić information content (AvgIpc) is 4.05. The first-order valence-corrected chi connectivity index (χ1v) is 18.5. The monoisotopic (exact) mass is 810 g/mol. The minimum absolute atomic E-state index is 0. The Bertz CT molecular complexity index is 1870. The van der Waals surface area contributed by atoms with Crippen LogP contribution in [0.25, 0.3) is 0 Å². The molecule has 8 rings (SSSR count). The molecule has 11 heteroatoms. The largest absolute Gasteiger partial charge is 4.00 e. The van der Waals surface area contributed by atoms with Gasteiger partial charge in [-0.25, -0.2) is 41.9 Å². The number of carbonyl (C=O) groups is 2. The zero-order valence-corrected chi connectivity index (χ0v) is 32.8. The van der Waals surface area contributed by atoms with Crippen LogP contribution < -0.4 is 10.6 Å². The molecule has 2 aliphatic heterocycles. The first-order chi connectivity index (χ1) is 27.3. The molecule has 0 saturated carbocycles. The maximum absolute atomic E-state index is 13.6. The smallest absolute Gasteiger partial charge is 0.378 e. The van der Waals surface area contributed by atoms with Crippen molar-refractivity contribution in [2.24, 2.45) is 0 Å². The molecule has 0 spiro atoms. The van der Waals surface area contributed by atoms with Gasteiger partial charge in [-0.05, 0) is 73.2 Å². The number of hydrogen-bond donors (Lipinski definition) is 2. The van der Waals surface area contributed by atoms with Gasteiger partial charge in [0.1, 0.15) is 0 Å². The quantitative estimate of drug-likeness (QED) is 0.106. The van der Waals surface area contributed by atoms with Crippen LogP contribution >= 0.6 is 0 Å². The van der Waals surface area contributed by atoms with Crippen LogP contribution in [-0.2, 0) is 44.0 Å². The molecule has 2 amide bonds. The maximum atomic E-state index is 13.6. The summed E-state index contributed by atoms with van der Waals surface area (Å²) in [5.41, 5.74) is 2.44. The van der Waals surface area contributed by atoms with E-state index in [1.807, 2.05) is 60.7 Å². The number of nitrogens with one attached hydrogen (secondary N) is 2. The number of carbonyl (C=O) groups excluding carboxylic acids is 2. The van der Waals surface area contributed by atoms with Crippen LogP contribution in [0.15, 0.2) is 109 Å². The van der Waals surface area contributed by atoms with Crippen LogP contribution in [0.2, 0.25) is 0 Å². The predicted octanol–water partition coefficient (Wildman–Crippen LogP) is 10.1. The molecule has 2 atom stereocenters. The topological polar surface area (TPSA) is 76.7 Å². The fourth-order valence-electron chi connectivity index (χ4n) is 6.08. The summed E-state index contributed by atoms with van der Waals surface area (Å²) in [6.45, 7) is 1.49. The van der Waals surface area contributed by atoms with Gasteiger partial charge in [-0.1, -0.05) is 36.4 Å². The molecule has 4 aromatic carbocycles. The molecule has 2 saturated heterocycles. The molecule has 2 fully saturated rings. The zero-order valence-electron chi connectivity index (χ0n) is 31.3. The molecule has 2 heterocycles. The molecule has 2 aliphatic carbocycles. The van der Waals surface area contributed by atoms with Gasteiger partial charge in [0.25, 0.3) is 0 Å². The summed E-state index contributed by atoms with van der Waals surface area (Å²) >= 11 is 0. The van der Waals surface area contributed by atoms with Crippen LogP contribution in [-0.4, -0.2) is 37.2 Å². The molecular formula is C46H42F4N2O4Ti. The summed E-state index contributed by atoms with van der Waals surface area (Å²) in [5, 5.41) is 4.93. The number of allylic oxidation sites excluding steroid dienone is 8. The summed E-state index contributed by atoms with van der Waals surface area (Å²) in [6, 6.07) is 22.6. The van der Waals surface area contributed by atoms with Crippen molar-refractivity contribution in [2.75, 3.05) is 23.8 Å². The van der Waals surface area contributed by atoms with Gasteiger partial charge in [0.05, 0.1) is 12.2 Å². The van der Waals surface area contributed by atoms with Crippen LogP contribution in [0.3, 0.4) is 0 Å². The van der Waals surface area contributed by atoms with Crippen LogP contribution in [0, 0.1) is 47.6 Å². The summed E-state index contributed by atoms with van der Waals surface area (Å²) in [7, 11) is 0. The van der Waals surface area contributed by atoms with Gasteiger partial charge in [-0.15, -0.1) is 49.2 Å². The Hall–Kier alpha value is -4.87. The molecule has 292 valence electrons. The number of rotatable bonds is 8. The average molecular weight is 811 g/mol. The zero-order chi connectivity index (χ0) is 39.5. The molecule has 2 N–H and O–H groups in total. The molecule has 6 nitrogen and oxygen atoms in total. The van der Waals surface area contributed by atoms with Gasteiger partial charge in [-0.2, -0.15) is 12.2 Å². The van der Waals surface area contributed by atoms with Gasteiger partial charge < -0.3 is 20.1 Å². The van der Waals surface area contributed by atoms with E-state index in [-0.39, 0.29) is 45.3 Å². The fourth-order valence-corrected chi connectivity index (χ4v) is 6.08. The van der Waals surface area contributed by atoms with E-state index in [4.69, 9.17) is 9.47 Å². The van der Waals surface area contributed by atoms with Crippen molar-refractivity contribution in [3.63, 3.8) is 0 Å². The fraction of sp³-hybridized carbons (Fsp3) is 0.261. The van der Waals surface area contributed by atoms with Crippen molar-refractivity contribution < 1.29 is 58.3 Å². The van der Waals surface area contributed by atoms with Crippen molar-refractivity contribution in [3.8, 4) is 0 Å². The normalized spacial score (nSPS) is 17.0. The van der Waals surface area contributed by atoms with E-state index in [9.17, 15) is 27.2 Å². The summed E-state index contributed by atoms with van der Waals surface area (Å²) in [4.78, 5) is 24.8. The Balaban J connectivity index is 0.000000200. The third-order valence-corrected chi connectivity index (χ3v) is 8.86. The predicted molar refractivity (Wildman–Crippen MR) is 208 cm³/mol. The molecule has 0 bridgehead atoms. The maximum Gasteiger partial charge on any atom is 4.00 e. The van der Waals surface area contributed by atoms with Crippen molar-refractivity contribution in [3.05, 3.63) is 179 Å². The molecule has 2 unspecified atom stereocenters. The van der Waals surface area contributed by atoms with Crippen LogP contribution in [0.4, 0.5) is 28.9 Å². The Labute approximate surface area is 346 Å². The van der Waals surface area contributed by atoms with Crippen LogP contribution in [0.1, 0.15) is 70.4 Å². The first-order valence-electron chi connectivity index (χ1n) is 18.5. The summed E-state index contributed by atoms with van der Waals surface area (Å²) in [6.07, 6.45) is 25.5. The van der Waals surface area contributed by atoms with Crippen molar-refractivity contribution in [2.45, 2.75) is 63.6 Å². The SMILES string of the molecule is O=C(Nc1ccc(F)[c-]c1F)c1ccccc1CC1CCCO1.O=C(Nc1ccc(F)[c-]c1F)c1ccccc1CC1CCCO1.[C-]1=CC=CC1.[C-]1=CC=CC1.[Ti+4]. The summed E-state index contributed by atoms with van der Waals surface area (Å²) < 4.78 is 64.2. The van der Waals surface area contributed by atoms with E-state index < -0.39 is 35.1 Å². The molecule has 0 aromatic heterocycles. The van der Waals surface area contributed by atoms with E-state index in [0.29, 0.717) is 24.0 Å². The van der Waals surface area contributed by atoms with E-state index in [1.54, 1.807) is 24.3 Å². The summed E-state index contributed by atoms with van der Waals surface area (Å²) in [5.74, 6) is -4.32. The Morgan fingerprint density at radius 2 is 1.04 bits per heavy atom. The minimum atomic E-state index is -0.921. The molecule has 0 radical (unpaired) electrons.